The number of rotatable bonds is 3. The van der Waals surface area contributed by atoms with Gasteiger partial charge in [-0.15, -0.1) is 0 Å². The quantitative estimate of drug-likeness (QED) is 0.789. The van der Waals surface area contributed by atoms with Crippen molar-refractivity contribution in [1.82, 2.24) is 10.4 Å². The zero-order valence-electron chi connectivity index (χ0n) is 10.4. The minimum absolute atomic E-state index is 0.392. The summed E-state index contributed by atoms with van der Waals surface area (Å²) in [5.74, 6) is 0.392. The molecule has 1 aromatic rings. The van der Waals surface area contributed by atoms with E-state index in [1.165, 1.54) is 7.11 Å². The number of pyridine rings is 1. The van der Waals surface area contributed by atoms with E-state index in [-0.39, 0.29) is 0 Å². The average molecular weight is 239 g/mol. The number of aromatic nitrogens is 1. The third kappa shape index (κ3) is 4.58. The van der Waals surface area contributed by atoms with Gasteiger partial charge in [-0.25, -0.2) is 15.2 Å². The lowest BCUT2D eigenvalue weighted by atomic mass is 10.2. The Morgan fingerprint density at radius 3 is 2.71 bits per heavy atom. The van der Waals surface area contributed by atoms with Crippen molar-refractivity contribution in [3.05, 3.63) is 18.3 Å². The van der Waals surface area contributed by atoms with Crippen LogP contribution in [-0.2, 0) is 4.74 Å². The molecule has 1 rings (SSSR count). The van der Waals surface area contributed by atoms with Gasteiger partial charge in [-0.05, 0) is 32.9 Å². The van der Waals surface area contributed by atoms with Crippen LogP contribution in [0.3, 0.4) is 0 Å². The highest BCUT2D eigenvalue weighted by atomic mass is 16.6. The molecule has 0 bridgehead atoms. The standard InChI is InChI=1S/C11H17N3O3/c1-11(2,3)17-10(15)14-13-8-6-5-7-12-9(8)16-4/h5-7,13H,1-4H3,(H,14,15). The molecular weight excluding hydrogens is 222 g/mol. The molecule has 0 unspecified atom stereocenters. The Morgan fingerprint density at radius 2 is 2.12 bits per heavy atom. The van der Waals surface area contributed by atoms with E-state index in [1.807, 2.05) is 0 Å². The molecule has 0 saturated carbocycles. The zero-order valence-corrected chi connectivity index (χ0v) is 10.4. The molecule has 17 heavy (non-hydrogen) atoms. The molecule has 0 aromatic carbocycles. The topological polar surface area (TPSA) is 72.5 Å². The first-order valence-corrected chi connectivity index (χ1v) is 5.16. The normalized spacial score (nSPS) is 10.6. The van der Waals surface area contributed by atoms with Crippen molar-refractivity contribution < 1.29 is 14.3 Å². The van der Waals surface area contributed by atoms with Gasteiger partial charge >= 0.3 is 6.09 Å². The Morgan fingerprint density at radius 1 is 1.41 bits per heavy atom. The molecule has 1 aromatic heterocycles. The molecule has 6 heteroatoms. The first kappa shape index (κ1) is 13.1. The molecule has 0 radical (unpaired) electrons. The van der Waals surface area contributed by atoms with E-state index in [2.05, 4.69) is 15.8 Å². The molecule has 0 atom stereocenters. The van der Waals surface area contributed by atoms with Gasteiger partial charge < -0.3 is 9.47 Å². The maximum atomic E-state index is 11.4. The molecule has 94 valence electrons. The van der Waals surface area contributed by atoms with E-state index < -0.39 is 11.7 Å². The van der Waals surface area contributed by atoms with Gasteiger partial charge in [0.15, 0.2) is 0 Å². The van der Waals surface area contributed by atoms with E-state index in [9.17, 15) is 4.79 Å². The number of hydrogen-bond donors (Lipinski definition) is 2. The first-order valence-electron chi connectivity index (χ1n) is 5.16. The molecule has 1 amide bonds. The number of carbonyl (C=O) groups is 1. The SMILES string of the molecule is COc1ncccc1NNC(=O)OC(C)(C)C. The lowest BCUT2D eigenvalue weighted by Gasteiger charge is -2.20. The number of anilines is 1. The molecule has 0 spiro atoms. The summed E-state index contributed by atoms with van der Waals surface area (Å²) < 4.78 is 10.1. The average Bonchev–Trinajstić information content (AvgIpc) is 2.24. The highest BCUT2D eigenvalue weighted by Crippen LogP contribution is 2.18. The van der Waals surface area contributed by atoms with Crippen LogP contribution in [0.1, 0.15) is 20.8 Å². The van der Waals surface area contributed by atoms with Crippen LogP contribution in [0.2, 0.25) is 0 Å². The molecule has 1 heterocycles. The van der Waals surface area contributed by atoms with Crippen molar-refractivity contribution in [2.24, 2.45) is 0 Å². The van der Waals surface area contributed by atoms with Crippen molar-refractivity contribution in [3.8, 4) is 5.88 Å². The van der Waals surface area contributed by atoms with Crippen LogP contribution in [0.15, 0.2) is 18.3 Å². The number of nitrogens with one attached hydrogen (secondary N) is 2. The highest BCUT2D eigenvalue weighted by Gasteiger charge is 2.16. The number of amides is 1. The van der Waals surface area contributed by atoms with Crippen LogP contribution in [0.4, 0.5) is 10.5 Å². The maximum Gasteiger partial charge on any atom is 0.426 e. The maximum absolute atomic E-state index is 11.4. The molecule has 0 aliphatic heterocycles. The van der Waals surface area contributed by atoms with Gasteiger partial charge in [-0.1, -0.05) is 0 Å². The van der Waals surface area contributed by atoms with E-state index >= 15 is 0 Å². The van der Waals surface area contributed by atoms with Gasteiger partial charge in [0.05, 0.1) is 7.11 Å². The second kappa shape index (κ2) is 5.38. The van der Waals surface area contributed by atoms with E-state index in [0.717, 1.165) is 0 Å². The van der Waals surface area contributed by atoms with Crippen molar-refractivity contribution in [2.75, 3.05) is 12.5 Å². The van der Waals surface area contributed by atoms with Crippen molar-refractivity contribution in [3.63, 3.8) is 0 Å². The third-order valence-corrected chi connectivity index (χ3v) is 1.66. The highest BCUT2D eigenvalue weighted by molar-refractivity contribution is 5.70. The minimum atomic E-state index is -0.566. The second-order valence-electron chi connectivity index (χ2n) is 4.31. The molecule has 0 fully saturated rings. The minimum Gasteiger partial charge on any atom is -0.479 e. The summed E-state index contributed by atoms with van der Waals surface area (Å²) in [6.07, 6.45) is 1.03. The van der Waals surface area contributed by atoms with Gasteiger partial charge in [0.1, 0.15) is 11.3 Å². The summed E-state index contributed by atoms with van der Waals surface area (Å²) in [6, 6.07) is 3.45. The lowest BCUT2D eigenvalue weighted by molar-refractivity contribution is 0.0541. The molecular formula is C11H17N3O3. The zero-order chi connectivity index (χ0) is 12.9. The molecule has 2 N–H and O–H groups in total. The van der Waals surface area contributed by atoms with E-state index in [4.69, 9.17) is 9.47 Å². The van der Waals surface area contributed by atoms with Crippen LogP contribution < -0.4 is 15.6 Å². The van der Waals surface area contributed by atoms with Gasteiger partial charge in [0.2, 0.25) is 5.88 Å². The van der Waals surface area contributed by atoms with E-state index in [1.54, 1.807) is 39.1 Å². The Hall–Kier alpha value is -1.98. The van der Waals surface area contributed by atoms with Gasteiger partial charge in [-0.2, -0.15) is 0 Å². The van der Waals surface area contributed by atoms with Crippen molar-refractivity contribution >= 4 is 11.8 Å². The van der Waals surface area contributed by atoms with E-state index in [0.29, 0.717) is 11.6 Å². The van der Waals surface area contributed by atoms with Gasteiger partial charge in [0, 0.05) is 6.20 Å². The number of methoxy groups -OCH3 is 1. The van der Waals surface area contributed by atoms with Crippen LogP contribution in [0.5, 0.6) is 5.88 Å². The molecule has 0 aliphatic rings. The summed E-state index contributed by atoms with van der Waals surface area (Å²) in [6.45, 7) is 5.37. The van der Waals surface area contributed by atoms with Crippen LogP contribution in [0, 0.1) is 0 Å². The summed E-state index contributed by atoms with van der Waals surface area (Å²) in [7, 11) is 1.50. The largest absolute Gasteiger partial charge is 0.479 e. The van der Waals surface area contributed by atoms with Gasteiger partial charge in [0.25, 0.3) is 0 Å². The fraction of sp³-hybridized carbons (Fsp3) is 0.455. The predicted octanol–water partition coefficient (Wildman–Crippen LogP) is 1.94. The first-order chi connectivity index (χ1) is 7.92. The van der Waals surface area contributed by atoms with Crippen LogP contribution in [0.25, 0.3) is 0 Å². The summed E-state index contributed by atoms with van der Waals surface area (Å²) in [5, 5.41) is 0. The fourth-order valence-electron chi connectivity index (χ4n) is 1.07. The summed E-state index contributed by atoms with van der Waals surface area (Å²) in [4.78, 5) is 15.3. The number of hydrazine groups is 1. The Balaban J connectivity index is 2.53. The number of hydrogen-bond acceptors (Lipinski definition) is 5. The Bertz CT molecular complexity index is 388. The fourth-order valence-corrected chi connectivity index (χ4v) is 1.07. The number of ether oxygens (including phenoxy) is 2. The number of nitrogens with zero attached hydrogens (tertiary/aromatic N) is 1. The third-order valence-electron chi connectivity index (χ3n) is 1.66. The Labute approximate surface area is 100 Å². The molecule has 6 nitrogen and oxygen atoms in total. The predicted molar refractivity (Wildman–Crippen MR) is 63.8 cm³/mol. The van der Waals surface area contributed by atoms with Crippen molar-refractivity contribution in [1.29, 1.82) is 0 Å². The van der Waals surface area contributed by atoms with Crippen molar-refractivity contribution in [2.45, 2.75) is 26.4 Å². The number of carbonyl (C=O) groups excluding carboxylic acids is 1. The van der Waals surface area contributed by atoms with Crippen LogP contribution >= 0.6 is 0 Å². The summed E-state index contributed by atoms with van der Waals surface area (Å²) in [5.41, 5.74) is 5.09. The smallest absolute Gasteiger partial charge is 0.426 e. The molecule has 0 aliphatic carbocycles. The summed E-state index contributed by atoms with van der Waals surface area (Å²) >= 11 is 0. The van der Waals surface area contributed by atoms with Crippen LogP contribution in [-0.4, -0.2) is 23.8 Å². The Kier molecular flexibility index (Phi) is 4.14. The van der Waals surface area contributed by atoms with Gasteiger partial charge in [-0.3, -0.25) is 5.43 Å². The monoisotopic (exact) mass is 239 g/mol. The molecule has 0 saturated heterocycles. The lowest BCUT2D eigenvalue weighted by Crippen LogP contribution is -2.35. The second-order valence-corrected chi connectivity index (χ2v) is 4.31.